The normalized spacial score (nSPS) is 31.5. The number of aliphatic hydroxyl groups is 1. The van der Waals surface area contributed by atoms with Gasteiger partial charge in [-0.05, 0) is 72.4 Å². The Labute approximate surface area is 193 Å². The largest absolute Gasteiger partial charge is 0.497 e. The second kappa shape index (κ2) is 8.17. The zero-order valence-electron chi connectivity index (χ0n) is 19.2. The van der Waals surface area contributed by atoms with Gasteiger partial charge in [0.15, 0.2) is 0 Å². The van der Waals surface area contributed by atoms with Gasteiger partial charge in [0, 0.05) is 5.92 Å². The van der Waals surface area contributed by atoms with Crippen LogP contribution in [0.4, 0.5) is 0 Å². The summed E-state index contributed by atoms with van der Waals surface area (Å²) >= 11 is 0. The zero-order chi connectivity index (χ0) is 23.3. The first-order valence-corrected chi connectivity index (χ1v) is 11.6. The van der Waals surface area contributed by atoms with Gasteiger partial charge in [0.25, 0.3) is 0 Å². The number of rotatable bonds is 5. The number of aliphatic hydroxyl groups excluding tert-OH is 1. The second-order valence-corrected chi connectivity index (χ2v) is 9.64. The summed E-state index contributed by atoms with van der Waals surface area (Å²) in [7, 11) is 3.04. The van der Waals surface area contributed by atoms with Crippen LogP contribution < -0.4 is 4.74 Å². The number of carbonyl (C=O) groups is 2. The lowest BCUT2D eigenvalue weighted by Gasteiger charge is -2.50. The molecule has 0 aliphatic heterocycles. The van der Waals surface area contributed by atoms with E-state index in [-0.39, 0.29) is 24.4 Å². The van der Waals surface area contributed by atoms with Gasteiger partial charge in [-0.25, -0.2) is 0 Å². The molecule has 1 N–H and O–H groups in total. The van der Waals surface area contributed by atoms with Crippen LogP contribution in [0, 0.1) is 30.1 Å². The van der Waals surface area contributed by atoms with Gasteiger partial charge in [0.2, 0.25) is 0 Å². The van der Waals surface area contributed by atoms with E-state index in [4.69, 9.17) is 14.2 Å². The molecule has 2 aromatic rings. The summed E-state index contributed by atoms with van der Waals surface area (Å²) in [5, 5.41) is 11.3. The molecule has 174 valence electrons. The highest BCUT2D eigenvalue weighted by molar-refractivity contribution is 5.85. The monoisotopic (exact) mass is 450 g/mol. The van der Waals surface area contributed by atoms with E-state index < -0.39 is 29.3 Å². The maximum Gasteiger partial charge on any atom is 0.312 e. The average molecular weight is 451 g/mol. The van der Waals surface area contributed by atoms with Crippen LogP contribution >= 0.6 is 0 Å². The summed E-state index contributed by atoms with van der Waals surface area (Å²) < 4.78 is 16.5. The molecule has 0 amide bonds. The van der Waals surface area contributed by atoms with Gasteiger partial charge in [-0.3, -0.25) is 9.59 Å². The first-order valence-electron chi connectivity index (χ1n) is 11.6. The summed E-state index contributed by atoms with van der Waals surface area (Å²) in [4.78, 5) is 26.9. The quantitative estimate of drug-likeness (QED) is 0.702. The molecule has 0 radical (unpaired) electrons. The third-order valence-corrected chi connectivity index (χ3v) is 8.08. The van der Waals surface area contributed by atoms with Crippen molar-refractivity contribution in [3.05, 3.63) is 64.7 Å². The Morgan fingerprint density at radius 2 is 1.91 bits per heavy atom. The number of methoxy groups -OCH3 is 2. The molecule has 0 heterocycles. The van der Waals surface area contributed by atoms with Crippen LogP contribution in [0.15, 0.2) is 42.5 Å². The number of benzene rings is 2. The van der Waals surface area contributed by atoms with Gasteiger partial charge in [0.1, 0.15) is 12.4 Å². The number of fused-ring (bicyclic) bond motifs is 5. The molecule has 2 fully saturated rings. The summed E-state index contributed by atoms with van der Waals surface area (Å²) in [6.07, 6.45) is 1.15. The summed E-state index contributed by atoms with van der Waals surface area (Å²) in [5.74, 6) is -1.40. The maximum absolute atomic E-state index is 13.5. The van der Waals surface area contributed by atoms with Crippen molar-refractivity contribution in [1.29, 1.82) is 0 Å². The van der Waals surface area contributed by atoms with E-state index in [1.165, 1.54) is 7.11 Å². The molecule has 6 atom stereocenters. The summed E-state index contributed by atoms with van der Waals surface area (Å²) in [6, 6.07) is 13.4. The maximum atomic E-state index is 13.5. The van der Waals surface area contributed by atoms with Gasteiger partial charge >= 0.3 is 11.9 Å². The number of hydrogen-bond acceptors (Lipinski definition) is 6. The molecule has 0 spiro atoms. The Hall–Kier alpha value is -2.86. The first-order chi connectivity index (χ1) is 15.9. The predicted molar refractivity (Wildman–Crippen MR) is 121 cm³/mol. The van der Waals surface area contributed by atoms with Crippen molar-refractivity contribution < 1.29 is 28.9 Å². The van der Waals surface area contributed by atoms with E-state index in [1.54, 1.807) is 7.11 Å². The standard InChI is InChI=1S/C27H30O6/c1-15-11-18(31-2)12-17-9-10-27(26(30)32-3)20-13-19(20)24(28)22(23(27)21(15)17)25(29)33-14-16-7-5-4-6-8-16/h4-8,11-12,19-20,22-24,28H,9-10,13-14H2,1-3H3/t19-,20+,22+,23+,24-,27+/m1/s1. The zero-order valence-corrected chi connectivity index (χ0v) is 19.2. The van der Waals surface area contributed by atoms with Crippen molar-refractivity contribution in [2.45, 2.75) is 44.8 Å². The highest BCUT2D eigenvalue weighted by atomic mass is 16.5. The Bertz CT molecular complexity index is 1080. The van der Waals surface area contributed by atoms with Crippen LogP contribution in [0.3, 0.4) is 0 Å². The Kier molecular flexibility index (Phi) is 5.44. The van der Waals surface area contributed by atoms with Gasteiger partial charge in [-0.2, -0.15) is 0 Å². The SMILES string of the molecule is COC(=O)[C@]12CCc3cc(OC)cc(C)c3[C@H]1[C@H](C(=O)OCc1ccccc1)[C@H](O)[C@@H]1C[C@@H]12. The summed E-state index contributed by atoms with van der Waals surface area (Å²) in [6.45, 7) is 2.11. The van der Waals surface area contributed by atoms with E-state index in [1.807, 2.05) is 49.4 Å². The molecule has 6 nitrogen and oxygen atoms in total. The molecule has 0 saturated heterocycles. The smallest absolute Gasteiger partial charge is 0.312 e. The van der Waals surface area contributed by atoms with Crippen molar-refractivity contribution >= 4 is 11.9 Å². The van der Waals surface area contributed by atoms with Crippen molar-refractivity contribution in [1.82, 2.24) is 0 Å². The van der Waals surface area contributed by atoms with Crippen LogP contribution in [-0.4, -0.2) is 37.4 Å². The average Bonchev–Trinajstić information content (AvgIpc) is 3.64. The number of esters is 2. The number of carbonyl (C=O) groups excluding carboxylic acids is 2. The van der Waals surface area contributed by atoms with Crippen molar-refractivity contribution in [3.63, 3.8) is 0 Å². The van der Waals surface area contributed by atoms with Crippen LogP contribution in [0.5, 0.6) is 5.75 Å². The highest BCUT2D eigenvalue weighted by Gasteiger charge is 2.72. The fraction of sp³-hybridized carbons (Fsp3) is 0.481. The van der Waals surface area contributed by atoms with Gasteiger partial charge < -0.3 is 19.3 Å². The lowest BCUT2D eigenvalue weighted by Crippen LogP contribution is -2.55. The molecule has 0 bridgehead atoms. The summed E-state index contributed by atoms with van der Waals surface area (Å²) in [5.41, 5.74) is 3.02. The lowest BCUT2D eigenvalue weighted by atomic mass is 9.52. The minimum absolute atomic E-state index is 0.0118. The third-order valence-electron chi connectivity index (χ3n) is 8.08. The predicted octanol–water partition coefficient (Wildman–Crippen LogP) is 3.56. The van der Waals surface area contributed by atoms with Crippen LogP contribution in [-0.2, 0) is 32.1 Å². The Morgan fingerprint density at radius 3 is 2.61 bits per heavy atom. The molecule has 2 saturated carbocycles. The molecule has 0 unspecified atom stereocenters. The van der Waals surface area contributed by atoms with Crippen molar-refractivity contribution in [3.8, 4) is 5.75 Å². The molecule has 6 heteroatoms. The highest BCUT2D eigenvalue weighted by Crippen LogP contribution is 2.70. The van der Waals surface area contributed by atoms with Crippen LogP contribution in [0.2, 0.25) is 0 Å². The van der Waals surface area contributed by atoms with Crippen LogP contribution in [0.25, 0.3) is 0 Å². The molecule has 2 aromatic carbocycles. The van der Waals surface area contributed by atoms with Crippen molar-refractivity contribution in [2.75, 3.05) is 14.2 Å². The van der Waals surface area contributed by atoms with E-state index in [9.17, 15) is 14.7 Å². The van der Waals surface area contributed by atoms with E-state index >= 15 is 0 Å². The third kappa shape index (κ3) is 3.34. The molecular weight excluding hydrogens is 420 g/mol. The van der Waals surface area contributed by atoms with Gasteiger partial charge in [-0.15, -0.1) is 0 Å². The topological polar surface area (TPSA) is 82.1 Å². The fourth-order valence-corrected chi connectivity index (χ4v) is 6.59. The molecule has 33 heavy (non-hydrogen) atoms. The molecule has 0 aromatic heterocycles. The number of aryl methyl sites for hydroxylation is 2. The van der Waals surface area contributed by atoms with Crippen LogP contribution in [0.1, 0.15) is 41.0 Å². The first kappa shape index (κ1) is 22.0. The minimum atomic E-state index is -0.853. The Balaban J connectivity index is 1.59. The molecule has 3 aliphatic rings. The van der Waals surface area contributed by atoms with E-state index in [2.05, 4.69) is 0 Å². The number of hydrogen-bond donors (Lipinski definition) is 1. The fourth-order valence-electron chi connectivity index (χ4n) is 6.59. The van der Waals surface area contributed by atoms with Gasteiger partial charge in [0.05, 0.1) is 31.7 Å². The second-order valence-electron chi connectivity index (χ2n) is 9.64. The molecular formula is C27H30O6. The van der Waals surface area contributed by atoms with E-state index in [0.29, 0.717) is 12.8 Å². The van der Waals surface area contributed by atoms with E-state index in [0.717, 1.165) is 34.4 Å². The molecule has 3 aliphatic carbocycles. The lowest BCUT2D eigenvalue weighted by molar-refractivity contribution is -0.173. The van der Waals surface area contributed by atoms with Gasteiger partial charge in [-0.1, -0.05) is 30.3 Å². The molecule has 5 rings (SSSR count). The van der Waals surface area contributed by atoms with Crippen molar-refractivity contribution in [2.24, 2.45) is 23.2 Å². The Morgan fingerprint density at radius 1 is 1.15 bits per heavy atom. The minimum Gasteiger partial charge on any atom is -0.497 e. The number of ether oxygens (including phenoxy) is 3.